The van der Waals surface area contributed by atoms with Crippen molar-refractivity contribution in [1.29, 1.82) is 0 Å². The average molecular weight is 251 g/mol. The molecule has 0 aliphatic carbocycles. The van der Waals surface area contributed by atoms with Crippen molar-refractivity contribution in [2.24, 2.45) is 0 Å². The third kappa shape index (κ3) is 5.25. The number of nitrogens with one attached hydrogen (secondary N) is 1. The fourth-order valence-corrected chi connectivity index (χ4v) is 2.41. The van der Waals surface area contributed by atoms with E-state index in [4.69, 9.17) is 0 Å². The maximum atomic E-state index is 11.8. The predicted molar refractivity (Wildman–Crippen MR) is 67.6 cm³/mol. The van der Waals surface area contributed by atoms with Gasteiger partial charge in [-0.05, 0) is 25.9 Å². The van der Waals surface area contributed by atoms with Crippen LogP contribution in [0.3, 0.4) is 0 Å². The van der Waals surface area contributed by atoms with Gasteiger partial charge in [0, 0.05) is 27.2 Å². The van der Waals surface area contributed by atoms with Gasteiger partial charge in [0.05, 0.1) is 0 Å². The maximum Gasteiger partial charge on any atom is 0.281 e. The first-order chi connectivity index (χ1) is 7.46. The predicted octanol–water partition coefficient (Wildman–Crippen LogP) is 0.504. The van der Waals surface area contributed by atoms with Crippen LogP contribution in [0.4, 0.5) is 0 Å². The Balaban J connectivity index is 3.92. The summed E-state index contributed by atoms with van der Waals surface area (Å²) in [6.07, 6.45) is 1.94. The van der Waals surface area contributed by atoms with E-state index >= 15 is 0 Å². The highest BCUT2D eigenvalue weighted by atomic mass is 32.2. The molecule has 0 radical (unpaired) electrons. The Labute approximate surface area is 100.0 Å². The topological polar surface area (TPSA) is 52.7 Å². The van der Waals surface area contributed by atoms with E-state index in [0.29, 0.717) is 13.1 Å². The number of nitrogens with zero attached hydrogens (tertiary/aromatic N) is 2. The van der Waals surface area contributed by atoms with Crippen molar-refractivity contribution in [3.63, 3.8) is 0 Å². The van der Waals surface area contributed by atoms with E-state index in [0.717, 1.165) is 25.9 Å². The zero-order valence-electron chi connectivity index (χ0n) is 10.9. The second-order valence-electron chi connectivity index (χ2n) is 3.85. The average Bonchev–Trinajstić information content (AvgIpc) is 2.27. The van der Waals surface area contributed by atoms with Gasteiger partial charge in [-0.1, -0.05) is 13.8 Å². The van der Waals surface area contributed by atoms with Gasteiger partial charge in [-0.3, -0.25) is 0 Å². The number of rotatable bonds is 9. The third-order valence-electron chi connectivity index (χ3n) is 2.49. The summed E-state index contributed by atoms with van der Waals surface area (Å²) >= 11 is 0. The lowest BCUT2D eigenvalue weighted by Crippen LogP contribution is -2.40. The SMILES string of the molecule is CCCNCCCN(C)S(=O)(=O)N(C)CC. The van der Waals surface area contributed by atoms with Gasteiger partial charge < -0.3 is 5.32 Å². The van der Waals surface area contributed by atoms with E-state index in [1.807, 2.05) is 6.92 Å². The van der Waals surface area contributed by atoms with E-state index in [1.54, 1.807) is 14.1 Å². The first-order valence-electron chi connectivity index (χ1n) is 5.85. The normalized spacial score (nSPS) is 12.6. The zero-order valence-corrected chi connectivity index (χ0v) is 11.7. The fraction of sp³-hybridized carbons (Fsp3) is 1.00. The summed E-state index contributed by atoms with van der Waals surface area (Å²) in [4.78, 5) is 0. The Hall–Kier alpha value is -0.170. The van der Waals surface area contributed by atoms with Crippen molar-refractivity contribution in [2.45, 2.75) is 26.7 Å². The molecule has 0 spiro atoms. The molecular weight excluding hydrogens is 226 g/mol. The molecule has 0 aromatic carbocycles. The van der Waals surface area contributed by atoms with Gasteiger partial charge in [-0.15, -0.1) is 0 Å². The Morgan fingerprint density at radius 3 is 2.19 bits per heavy atom. The quantitative estimate of drug-likeness (QED) is 0.607. The van der Waals surface area contributed by atoms with E-state index in [2.05, 4.69) is 12.2 Å². The molecule has 0 saturated carbocycles. The second kappa shape index (κ2) is 8.00. The Bertz CT molecular complexity index is 267. The van der Waals surface area contributed by atoms with E-state index in [9.17, 15) is 8.42 Å². The van der Waals surface area contributed by atoms with Gasteiger partial charge >= 0.3 is 0 Å². The van der Waals surface area contributed by atoms with Crippen molar-refractivity contribution >= 4 is 10.2 Å². The van der Waals surface area contributed by atoms with Crippen LogP contribution in [0.25, 0.3) is 0 Å². The van der Waals surface area contributed by atoms with Crippen molar-refractivity contribution in [3.05, 3.63) is 0 Å². The van der Waals surface area contributed by atoms with Gasteiger partial charge in [0.2, 0.25) is 0 Å². The molecule has 98 valence electrons. The lowest BCUT2D eigenvalue weighted by molar-refractivity contribution is 0.394. The monoisotopic (exact) mass is 251 g/mol. The highest BCUT2D eigenvalue weighted by molar-refractivity contribution is 7.86. The van der Waals surface area contributed by atoms with Gasteiger partial charge in [-0.25, -0.2) is 0 Å². The van der Waals surface area contributed by atoms with Crippen LogP contribution in [-0.2, 0) is 10.2 Å². The van der Waals surface area contributed by atoms with Gasteiger partial charge in [0.25, 0.3) is 10.2 Å². The molecule has 0 fully saturated rings. The van der Waals surface area contributed by atoms with Crippen LogP contribution in [0.5, 0.6) is 0 Å². The molecule has 5 nitrogen and oxygen atoms in total. The molecule has 16 heavy (non-hydrogen) atoms. The summed E-state index contributed by atoms with van der Waals surface area (Å²) in [6, 6.07) is 0. The molecule has 0 aromatic rings. The molecule has 0 unspecified atom stereocenters. The molecular formula is C10H25N3O2S. The molecule has 0 saturated heterocycles. The first kappa shape index (κ1) is 15.8. The maximum absolute atomic E-state index is 11.8. The Morgan fingerprint density at radius 1 is 1.06 bits per heavy atom. The minimum atomic E-state index is -3.24. The molecule has 0 aliphatic heterocycles. The highest BCUT2D eigenvalue weighted by Gasteiger charge is 2.21. The Morgan fingerprint density at radius 2 is 1.69 bits per heavy atom. The molecule has 0 rings (SSSR count). The smallest absolute Gasteiger partial charge is 0.281 e. The van der Waals surface area contributed by atoms with Crippen LogP contribution in [0.2, 0.25) is 0 Å². The molecule has 6 heteroatoms. The summed E-state index contributed by atoms with van der Waals surface area (Å²) in [5.74, 6) is 0. The van der Waals surface area contributed by atoms with E-state index in [-0.39, 0.29) is 0 Å². The molecule has 0 aliphatic rings. The molecule has 0 atom stereocenters. The standard InChI is InChI=1S/C10H25N3O2S/c1-5-8-11-9-7-10-13(4)16(14,15)12(3)6-2/h11H,5-10H2,1-4H3. The van der Waals surface area contributed by atoms with Crippen LogP contribution < -0.4 is 5.32 Å². The second-order valence-corrected chi connectivity index (χ2v) is 5.99. The minimum Gasteiger partial charge on any atom is -0.317 e. The van der Waals surface area contributed by atoms with Crippen molar-refractivity contribution in [1.82, 2.24) is 13.9 Å². The van der Waals surface area contributed by atoms with Crippen LogP contribution in [0.1, 0.15) is 26.7 Å². The summed E-state index contributed by atoms with van der Waals surface area (Å²) in [5.41, 5.74) is 0. The molecule has 0 bridgehead atoms. The molecule has 1 N–H and O–H groups in total. The lowest BCUT2D eigenvalue weighted by Gasteiger charge is -2.23. The van der Waals surface area contributed by atoms with Crippen LogP contribution in [-0.4, -0.2) is 57.3 Å². The van der Waals surface area contributed by atoms with Crippen molar-refractivity contribution < 1.29 is 8.42 Å². The summed E-state index contributed by atoms with van der Waals surface area (Å²) in [6.45, 7) is 6.85. The lowest BCUT2D eigenvalue weighted by atomic mass is 10.4. The fourth-order valence-electron chi connectivity index (χ4n) is 1.24. The van der Waals surface area contributed by atoms with E-state index in [1.165, 1.54) is 8.61 Å². The molecule has 0 heterocycles. The minimum absolute atomic E-state index is 0.501. The first-order valence-corrected chi connectivity index (χ1v) is 7.24. The highest BCUT2D eigenvalue weighted by Crippen LogP contribution is 2.03. The number of hydrogen-bond donors (Lipinski definition) is 1. The van der Waals surface area contributed by atoms with Gasteiger partial charge in [0.15, 0.2) is 0 Å². The van der Waals surface area contributed by atoms with Crippen LogP contribution in [0, 0.1) is 0 Å². The summed E-state index contributed by atoms with van der Waals surface area (Å²) < 4.78 is 26.4. The number of hydrogen-bond acceptors (Lipinski definition) is 3. The van der Waals surface area contributed by atoms with Crippen molar-refractivity contribution in [3.8, 4) is 0 Å². The molecule has 0 aromatic heterocycles. The largest absolute Gasteiger partial charge is 0.317 e. The van der Waals surface area contributed by atoms with E-state index < -0.39 is 10.2 Å². The van der Waals surface area contributed by atoms with Crippen molar-refractivity contribution in [2.75, 3.05) is 40.3 Å². The van der Waals surface area contributed by atoms with Gasteiger partial charge in [-0.2, -0.15) is 17.0 Å². The zero-order chi connectivity index (χ0) is 12.6. The third-order valence-corrected chi connectivity index (χ3v) is 4.50. The molecule has 0 amide bonds. The summed E-state index contributed by atoms with van der Waals surface area (Å²) in [5, 5.41) is 3.25. The Kier molecular flexibility index (Phi) is 7.91. The van der Waals surface area contributed by atoms with Gasteiger partial charge in [0.1, 0.15) is 0 Å². The summed E-state index contributed by atoms with van der Waals surface area (Å²) in [7, 11) is -0.0182. The van der Waals surface area contributed by atoms with Crippen LogP contribution >= 0.6 is 0 Å². The van der Waals surface area contributed by atoms with Crippen LogP contribution in [0.15, 0.2) is 0 Å².